The smallest absolute Gasteiger partial charge is 0.0629 e. The lowest BCUT2D eigenvalue weighted by atomic mass is 9.91. The molecule has 0 N–H and O–H groups in total. The molecule has 0 saturated carbocycles. The molecule has 250 valence electrons. The predicted molar refractivity (Wildman–Crippen MR) is 220 cm³/mol. The fourth-order valence-electron chi connectivity index (χ4n) is 8.00. The van der Waals surface area contributed by atoms with Gasteiger partial charge in [-0.1, -0.05) is 140 Å². The van der Waals surface area contributed by atoms with Crippen molar-refractivity contribution in [3.05, 3.63) is 211 Å². The lowest BCUT2D eigenvalue weighted by molar-refractivity contribution is 0.745. The number of rotatable bonds is 7. The van der Waals surface area contributed by atoms with Crippen molar-refractivity contribution >= 4 is 28.4 Å². The van der Waals surface area contributed by atoms with Gasteiger partial charge in [-0.25, -0.2) is 0 Å². The van der Waals surface area contributed by atoms with Crippen LogP contribution in [-0.2, 0) is 0 Å². The van der Waals surface area contributed by atoms with Crippen LogP contribution in [0.5, 0.6) is 0 Å². The quantitative estimate of drug-likeness (QED) is 0.167. The first-order valence-corrected chi connectivity index (χ1v) is 18.2. The molecule has 0 amide bonds. The average molecular weight is 669 g/mol. The number of hydrogen-bond donors (Lipinski definition) is 0. The van der Waals surface area contributed by atoms with Crippen LogP contribution in [0.3, 0.4) is 0 Å². The van der Waals surface area contributed by atoms with E-state index in [0.29, 0.717) is 12.0 Å². The average Bonchev–Trinajstić information content (AvgIpc) is 3.54. The molecule has 0 fully saturated rings. The SMILES string of the molecule is Cc1ccccc1-c1cc(N(c2ccc(-c3ccccc3)cc2)c2ccc(-c3ccc(N4c5ccccc5C5C=CC=CC54)cc3)cc2)ccc1C. The van der Waals surface area contributed by atoms with Gasteiger partial charge in [0.2, 0.25) is 0 Å². The molecule has 7 aromatic carbocycles. The van der Waals surface area contributed by atoms with Crippen molar-refractivity contribution in [2.45, 2.75) is 25.8 Å². The Balaban J connectivity index is 1.06. The van der Waals surface area contributed by atoms with Crippen LogP contribution in [0.25, 0.3) is 33.4 Å². The summed E-state index contributed by atoms with van der Waals surface area (Å²) in [6, 6.07) is 62.2. The van der Waals surface area contributed by atoms with Crippen LogP contribution in [0.15, 0.2) is 194 Å². The summed E-state index contributed by atoms with van der Waals surface area (Å²) in [6.07, 6.45) is 9.02. The third-order valence-corrected chi connectivity index (χ3v) is 10.7. The highest BCUT2D eigenvalue weighted by atomic mass is 15.2. The van der Waals surface area contributed by atoms with Crippen LogP contribution in [0.1, 0.15) is 22.6 Å². The van der Waals surface area contributed by atoms with Gasteiger partial charge in [-0.05, 0) is 119 Å². The zero-order valence-corrected chi connectivity index (χ0v) is 29.5. The Labute approximate surface area is 307 Å². The van der Waals surface area contributed by atoms with Crippen molar-refractivity contribution < 1.29 is 0 Å². The summed E-state index contributed by atoms with van der Waals surface area (Å²) in [5.41, 5.74) is 17.1. The molecule has 1 aliphatic carbocycles. The van der Waals surface area contributed by atoms with Crippen molar-refractivity contribution in [2.24, 2.45) is 0 Å². The molecule has 9 rings (SSSR count). The van der Waals surface area contributed by atoms with E-state index < -0.39 is 0 Å². The molecule has 1 aliphatic heterocycles. The zero-order chi connectivity index (χ0) is 35.0. The zero-order valence-electron chi connectivity index (χ0n) is 29.5. The number of para-hydroxylation sites is 1. The van der Waals surface area contributed by atoms with Gasteiger partial charge in [0.1, 0.15) is 0 Å². The Morgan fingerprint density at radius 2 is 0.981 bits per heavy atom. The number of hydrogen-bond acceptors (Lipinski definition) is 2. The third-order valence-electron chi connectivity index (χ3n) is 10.7. The van der Waals surface area contributed by atoms with Crippen LogP contribution in [0, 0.1) is 13.8 Å². The molecule has 1 heterocycles. The normalized spacial score (nSPS) is 15.7. The van der Waals surface area contributed by atoms with Crippen LogP contribution >= 0.6 is 0 Å². The molecular weight excluding hydrogens is 629 g/mol. The second-order valence-corrected chi connectivity index (χ2v) is 13.9. The molecule has 0 aromatic heterocycles. The van der Waals surface area contributed by atoms with E-state index in [9.17, 15) is 0 Å². The number of nitrogens with zero attached hydrogens (tertiary/aromatic N) is 2. The lowest BCUT2D eigenvalue weighted by Gasteiger charge is -2.29. The highest BCUT2D eigenvalue weighted by Gasteiger charge is 2.36. The van der Waals surface area contributed by atoms with E-state index in [4.69, 9.17) is 0 Å². The molecule has 0 bridgehead atoms. The molecule has 2 unspecified atom stereocenters. The minimum Gasteiger partial charge on any atom is -0.333 e. The van der Waals surface area contributed by atoms with Gasteiger partial charge in [0.05, 0.1) is 6.04 Å². The van der Waals surface area contributed by atoms with Crippen LogP contribution < -0.4 is 9.80 Å². The number of allylic oxidation sites excluding steroid dienone is 2. The summed E-state index contributed by atoms with van der Waals surface area (Å²) in [7, 11) is 0. The number of fused-ring (bicyclic) bond motifs is 3. The van der Waals surface area contributed by atoms with E-state index in [-0.39, 0.29) is 0 Å². The lowest BCUT2D eigenvalue weighted by Crippen LogP contribution is -2.28. The second kappa shape index (κ2) is 13.4. The molecule has 52 heavy (non-hydrogen) atoms. The van der Waals surface area contributed by atoms with E-state index in [1.54, 1.807) is 0 Å². The van der Waals surface area contributed by atoms with Crippen molar-refractivity contribution in [1.82, 2.24) is 0 Å². The Kier molecular flexibility index (Phi) is 8.14. The van der Waals surface area contributed by atoms with Gasteiger partial charge in [-0.2, -0.15) is 0 Å². The standard InChI is InChI=1S/C50H40N2/c1-35-12-6-7-15-45(35)48-34-44(27-20-36(48)2)51(41-28-21-38(22-29-41)37-13-4-3-5-14-37)42-30-23-39(24-31-42)40-25-32-43(33-26-40)52-49-18-10-8-16-46(49)47-17-9-11-19-50(47)52/h3-34,46,49H,1-2H3. The second-order valence-electron chi connectivity index (χ2n) is 13.9. The van der Waals surface area contributed by atoms with E-state index in [1.807, 2.05) is 0 Å². The Morgan fingerprint density at radius 3 is 1.67 bits per heavy atom. The molecule has 2 heteroatoms. The fourth-order valence-corrected chi connectivity index (χ4v) is 8.00. The van der Waals surface area contributed by atoms with Crippen molar-refractivity contribution in [3.63, 3.8) is 0 Å². The molecule has 2 aliphatic rings. The molecule has 0 spiro atoms. The largest absolute Gasteiger partial charge is 0.333 e. The van der Waals surface area contributed by atoms with Crippen LogP contribution in [-0.4, -0.2) is 6.04 Å². The molecular formula is C50H40N2. The maximum atomic E-state index is 2.49. The van der Waals surface area contributed by atoms with Gasteiger partial charge in [-0.15, -0.1) is 0 Å². The highest BCUT2D eigenvalue weighted by molar-refractivity contribution is 5.84. The minimum atomic E-state index is 0.299. The van der Waals surface area contributed by atoms with E-state index >= 15 is 0 Å². The van der Waals surface area contributed by atoms with Crippen molar-refractivity contribution in [2.75, 3.05) is 9.80 Å². The van der Waals surface area contributed by atoms with Gasteiger partial charge in [-0.3, -0.25) is 0 Å². The first-order chi connectivity index (χ1) is 25.6. The summed E-state index contributed by atoms with van der Waals surface area (Å²) >= 11 is 0. The molecule has 0 radical (unpaired) electrons. The van der Waals surface area contributed by atoms with Gasteiger partial charge >= 0.3 is 0 Å². The first-order valence-electron chi connectivity index (χ1n) is 18.2. The number of anilines is 5. The Bertz CT molecular complexity index is 2420. The predicted octanol–water partition coefficient (Wildman–Crippen LogP) is 13.5. The number of benzene rings is 7. The van der Waals surface area contributed by atoms with Crippen LogP contribution in [0.2, 0.25) is 0 Å². The van der Waals surface area contributed by atoms with Crippen LogP contribution in [0.4, 0.5) is 28.4 Å². The fraction of sp³-hybridized carbons (Fsp3) is 0.0800. The summed E-state index contributed by atoms with van der Waals surface area (Å²) in [6.45, 7) is 4.40. The Hall–Kier alpha value is -6.38. The highest BCUT2D eigenvalue weighted by Crippen LogP contribution is 2.48. The maximum absolute atomic E-state index is 2.49. The van der Waals surface area contributed by atoms with Gasteiger partial charge in [0.15, 0.2) is 0 Å². The van der Waals surface area contributed by atoms with E-state index in [2.05, 4.69) is 218 Å². The van der Waals surface area contributed by atoms with Crippen molar-refractivity contribution in [3.8, 4) is 33.4 Å². The third kappa shape index (κ3) is 5.73. The maximum Gasteiger partial charge on any atom is 0.0629 e. The summed E-state index contributed by atoms with van der Waals surface area (Å²) < 4.78 is 0. The molecule has 2 nitrogen and oxygen atoms in total. The van der Waals surface area contributed by atoms with Crippen molar-refractivity contribution in [1.29, 1.82) is 0 Å². The van der Waals surface area contributed by atoms with E-state index in [0.717, 1.165) is 17.1 Å². The topological polar surface area (TPSA) is 6.48 Å². The minimum absolute atomic E-state index is 0.299. The molecule has 0 saturated heterocycles. The van der Waals surface area contributed by atoms with Gasteiger partial charge in [0.25, 0.3) is 0 Å². The summed E-state index contributed by atoms with van der Waals surface area (Å²) in [5.74, 6) is 0.382. The number of aryl methyl sites for hydroxylation is 2. The monoisotopic (exact) mass is 668 g/mol. The summed E-state index contributed by atoms with van der Waals surface area (Å²) in [4.78, 5) is 4.86. The Morgan fingerprint density at radius 1 is 0.442 bits per heavy atom. The first kappa shape index (κ1) is 31.6. The van der Waals surface area contributed by atoms with Gasteiger partial charge < -0.3 is 9.80 Å². The van der Waals surface area contributed by atoms with E-state index in [1.165, 1.54) is 61.4 Å². The van der Waals surface area contributed by atoms with Gasteiger partial charge in [0, 0.05) is 34.4 Å². The molecule has 2 atom stereocenters. The summed E-state index contributed by atoms with van der Waals surface area (Å²) in [5, 5.41) is 0. The molecule has 7 aromatic rings.